The third-order valence-electron chi connectivity index (χ3n) is 10.1. The number of hydrogen-bond acceptors (Lipinski definition) is 13. The summed E-state index contributed by atoms with van der Waals surface area (Å²) in [5.74, 6) is -1.23. The third kappa shape index (κ3) is 20.6. The number of carbonyl (C=O) groups is 6. The first-order valence-electron chi connectivity index (χ1n) is 22.5. The molecule has 1 aliphatic heterocycles. The third-order valence-corrected chi connectivity index (χ3v) is 10.1. The number of nitrogens with one attached hydrogen (secondary N) is 3. The summed E-state index contributed by atoms with van der Waals surface area (Å²) >= 11 is 0. The van der Waals surface area contributed by atoms with E-state index < -0.39 is 18.0 Å². The van der Waals surface area contributed by atoms with Crippen LogP contribution in [-0.2, 0) is 69.8 Å². The van der Waals surface area contributed by atoms with Gasteiger partial charge in [0.15, 0.2) is 5.65 Å². The number of nitriles is 1. The van der Waals surface area contributed by atoms with E-state index in [-0.39, 0.29) is 89.3 Å². The molecule has 0 spiro atoms. The summed E-state index contributed by atoms with van der Waals surface area (Å²) in [4.78, 5) is 83.8. The predicted octanol–water partition coefficient (Wildman–Crippen LogP) is 5.28. The van der Waals surface area contributed by atoms with Crippen LogP contribution in [-0.4, -0.2) is 133 Å². The zero-order valence-corrected chi connectivity index (χ0v) is 43.4. The second kappa shape index (κ2) is 33.6. The maximum atomic E-state index is 13.3. The van der Waals surface area contributed by atoms with Crippen molar-refractivity contribution in [3.05, 3.63) is 60.8 Å². The Morgan fingerprint density at radius 3 is 2.29 bits per heavy atom. The fourth-order valence-corrected chi connectivity index (χ4v) is 6.62. The molecule has 2 atom stereocenters. The summed E-state index contributed by atoms with van der Waals surface area (Å²) in [6.07, 6.45) is 15.8. The van der Waals surface area contributed by atoms with E-state index in [0.717, 1.165) is 42.3 Å². The number of fused-ring (bicyclic) bond motifs is 1. The van der Waals surface area contributed by atoms with Gasteiger partial charge in [0.1, 0.15) is 19.0 Å². The van der Waals surface area contributed by atoms with Crippen molar-refractivity contribution in [3.8, 4) is 17.3 Å². The minimum absolute atomic E-state index is 0. The number of amides is 6. The van der Waals surface area contributed by atoms with Crippen LogP contribution in [0.25, 0.3) is 22.3 Å². The summed E-state index contributed by atoms with van der Waals surface area (Å²) in [7, 11) is 3.26. The molecule has 0 saturated carbocycles. The smallest absolute Gasteiger partial charge is 0.409 e. The van der Waals surface area contributed by atoms with Gasteiger partial charge >= 0.3 is 12.1 Å². The van der Waals surface area contributed by atoms with Crippen molar-refractivity contribution in [2.24, 2.45) is 5.73 Å². The summed E-state index contributed by atoms with van der Waals surface area (Å²) in [5, 5.41) is 26.3. The predicted molar refractivity (Wildman–Crippen MR) is 253 cm³/mol. The fourth-order valence-electron chi connectivity index (χ4n) is 6.62. The SMILES string of the molecule is CC#N.CC1CCCN1C(=O)C(CC(N)=O)NO.CCC.CCCCCCCn1cc(-c2ncnc3c2ccn3C(=O)N(C)CCN(C)C(=O)OCc2ccc(NC(=O)CNC=O)cc2)cn1.[Y]. The Kier molecular flexibility index (Phi) is 29.8. The number of ether oxygens (including phenoxy) is 1. The molecule has 6 amide bonds. The molecule has 1 saturated heterocycles. The van der Waals surface area contributed by atoms with Crippen LogP contribution in [0.3, 0.4) is 0 Å². The van der Waals surface area contributed by atoms with Crippen LogP contribution in [0.2, 0.25) is 0 Å². The largest absolute Gasteiger partial charge is 0.445 e. The molecule has 369 valence electrons. The van der Waals surface area contributed by atoms with E-state index in [1.165, 1.54) is 59.7 Å². The van der Waals surface area contributed by atoms with Crippen molar-refractivity contribution in [3.63, 3.8) is 0 Å². The van der Waals surface area contributed by atoms with Crippen LogP contribution >= 0.6 is 0 Å². The minimum Gasteiger partial charge on any atom is -0.445 e. The Morgan fingerprint density at radius 1 is 1.03 bits per heavy atom. The summed E-state index contributed by atoms with van der Waals surface area (Å²) < 4.78 is 8.81. The first-order chi connectivity index (χ1) is 32.2. The van der Waals surface area contributed by atoms with Gasteiger partial charge in [-0.25, -0.2) is 19.6 Å². The molecule has 1 radical (unpaired) electrons. The molecule has 2 unspecified atom stereocenters. The van der Waals surface area contributed by atoms with Crippen LogP contribution in [0.5, 0.6) is 0 Å². The number of rotatable bonds is 20. The van der Waals surface area contributed by atoms with Crippen molar-refractivity contribution >= 4 is 53.0 Å². The number of nitrogens with two attached hydrogens (primary N) is 1. The molecule has 4 heterocycles. The van der Waals surface area contributed by atoms with Gasteiger partial charge in [0.05, 0.1) is 30.9 Å². The van der Waals surface area contributed by atoms with Crippen molar-refractivity contribution in [1.82, 2.24) is 49.8 Å². The molecule has 1 aliphatic rings. The molecule has 6 N–H and O–H groups in total. The second-order valence-corrected chi connectivity index (χ2v) is 15.8. The van der Waals surface area contributed by atoms with E-state index in [1.54, 1.807) is 61.7 Å². The fraction of sp³-hybridized carbons (Fsp3) is 0.522. The average molecular weight is 1020 g/mol. The van der Waals surface area contributed by atoms with Crippen LogP contribution in [0.1, 0.15) is 98.0 Å². The number of aromatic nitrogens is 5. The van der Waals surface area contributed by atoms with Crippen LogP contribution in [0.15, 0.2) is 55.2 Å². The van der Waals surface area contributed by atoms with E-state index in [0.29, 0.717) is 30.0 Å². The molecule has 0 aliphatic carbocycles. The number of unbranched alkanes of at least 4 members (excludes halogenated alkanes) is 4. The zero-order valence-electron chi connectivity index (χ0n) is 40.5. The van der Waals surface area contributed by atoms with E-state index in [1.807, 2.05) is 29.3 Å². The Balaban J connectivity index is 0.000000874. The number of aryl methyl sites for hydroxylation is 1. The van der Waals surface area contributed by atoms with Gasteiger partial charge in [0.25, 0.3) is 0 Å². The molecular weight excluding hydrogens is 951 g/mol. The molecule has 21 nitrogen and oxygen atoms in total. The molecule has 0 bridgehead atoms. The van der Waals surface area contributed by atoms with Gasteiger partial charge in [-0.3, -0.25) is 28.4 Å². The Bertz CT molecular complexity index is 2200. The summed E-state index contributed by atoms with van der Waals surface area (Å²) in [5.41, 5.74) is 10.2. The van der Waals surface area contributed by atoms with Gasteiger partial charge in [0, 0.05) is 115 Å². The molecule has 1 aromatic carbocycles. The van der Waals surface area contributed by atoms with E-state index in [2.05, 4.69) is 46.5 Å². The van der Waals surface area contributed by atoms with Gasteiger partial charge in [-0.15, -0.1) is 0 Å². The van der Waals surface area contributed by atoms with Crippen molar-refractivity contribution in [2.75, 3.05) is 45.6 Å². The number of benzene rings is 1. The van der Waals surface area contributed by atoms with Crippen LogP contribution in [0.4, 0.5) is 15.3 Å². The van der Waals surface area contributed by atoms with E-state index in [4.69, 9.17) is 20.9 Å². The maximum Gasteiger partial charge on any atom is 0.409 e. The van der Waals surface area contributed by atoms with Gasteiger partial charge in [-0.2, -0.15) is 15.8 Å². The molecule has 68 heavy (non-hydrogen) atoms. The number of primary amides is 1. The van der Waals surface area contributed by atoms with Gasteiger partial charge in [-0.1, -0.05) is 65.0 Å². The molecular formula is C46H69N13O8Y. The van der Waals surface area contributed by atoms with Crippen molar-refractivity contribution in [2.45, 2.75) is 118 Å². The van der Waals surface area contributed by atoms with Gasteiger partial charge in [0.2, 0.25) is 24.1 Å². The van der Waals surface area contributed by atoms with Crippen molar-refractivity contribution < 1.29 is 71.4 Å². The van der Waals surface area contributed by atoms with Crippen LogP contribution < -0.4 is 21.8 Å². The zero-order chi connectivity index (χ0) is 49.7. The number of hydroxylamine groups is 1. The monoisotopic (exact) mass is 1020 g/mol. The van der Waals surface area contributed by atoms with Crippen molar-refractivity contribution in [1.29, 1.82) is 5.26 Å². The first-order valence-corrected chi connectivity index (χ1v) is 22.5. The quantitative estimate of drug-likeness (QED) is 0.0429. The maximum absolute atomic E-state index is 13.3. The standard InChI is InChI=1S/C32H41N9O5.C9H17N3O3.C3H8.C2H3N.Y/c1-4-5-6-7-8-14-40-20-25(18-36-40)29-27-13-15-41(30(27)35-22-34-29)31(44)38(2)16-17-39(3)32(45)46-21-24-9-11-26(12-10-24)37-28(43)19-33-23-42;1-6-3-2-4-12(6)9(14)7(11-15)5-8(10)13;1-3-2;1-2-3;/h9-13,15,18,20,22-23H,4-8,14,16-17,19,21H2,1-3H3,(H,33,42)(H,37,43);6-7,11,15H,2-5H2,1H3,(H2,10,13);3H2,1-2H3;1H3;. The number of likely N-dealkylation sites (N-methyl/N-ethyl adjacent to an activating group) is 2. The Morgan fingerprint density at radius 2 is 1.69 bits per heavy atom. The van der Waals surface area contributed by atoms with E-state index in [9.17, 15) is 28.8 Å². The topological polar surface area (TPSA) is 276 Å². The minimum atomic E-state index is -0.914. The number of anilines is 1. The second-order valence-electron chi connectivity index (χ2n) is 15.8. The number of nitrogens with zero attached hydrogens (tertiary/aromatic N) is 9. The summed E-state index contributed by atoms with van der Waals surface area (Å²) in [6.45, 7) is 11.8. The molecule has 3 aromatic heterocycles. The van der Waals surface area contributed by atoms with Crippen LogP contribution in [0, 0.1) is 11.3 Å². The first kappa shape index (κ1) is 60.2. The molecule has 4 aromatic rings. The Hall–Kier alpha value is -5.82. The normalized spacial score (nSPS) is 12.8. The molecule has 1 fully saturated rings. The van der Waals surface area contributed by atoms with E-state index >= 15 is 0 Å². The Labute approximate surface area is 424 Å². The number of carbonyl (C=O) groups excluding carboxylic acids is 6. The molecule has 22 heteroatoms. The number of likely N-dealkylation sites (tertiary alicyclic amines) is 1. The average Bonchev–Trinajstić information content (AvgIpc) is 4.09. The van der Waals surface area contributed by atoms with Gasteiger partial charge < -0.3 is 41.0 Å². The number of hydrogen-bond donors (Lipinski definition) is 5. The molecule has 5 rings (SSSR count). The summed E-state index contributed by atoms with van der Waals surface area (Å²) in [6, 6.07) is 9.33. The van der Waals surface area contributed by atoms with Gasteiger partial charge in [-0.05, 0) is 49.9 Å².